The van der Waals surface area contributed by atoms with E-state index in [2.05, 4.69) is 27.5 Å². The predicted octanol–water partition coefficient (Wildman–Crippen LogP) is 3.48. The summed E-state index contributed by atoms with van der Waals surface area (Å²) in [7, 11) is 0. The number of nitrogens with zero attached hydrogens (tertiary/aromatic N) is 4. The molecule has 1 aliphatic heterocycles. The topological polar surface area (TPSA) is 89.4 Å². The Morgan fingerprint density at radius 1 is 1.13 bits per heavy atom. The lowest BCUT2D eigenvalue weighted by Crippen LogP contribution is -2.32. The van der Waals surface area contributed by atoms with E-state index in [0.717, 1.165) is 30.2 Å². The summed E-state index contributed by atoms with van der Waals surface area (Å²) in [6, 6.07) is 12.8. The van der Waals surface area contributed by atoms with Crippen molar-refractivity contribution < 1.29 is 14.3 Å². The van der Waals surface area contributed by atoms with E-state index in [1.165, 1.54) is 12.8 Å². The van der Waals surface area contributed by atoms with Crippen LogP contribution >= 0.6 is 0 Å². The van der Waals surface area contributed by atoms with Gasteiger partial charge in [-0.3, -0.25) is 4.79 Å². The average Bonchev–Trinajstić information content (AvgIpc) is 3.21. The molecular formula is C23H27N5O3. The largest absolute Gasteiger partial charge is 0.452 e. The van der Waals surface area contributed by atoms with Crippen molar-refractivity contribution in [1.82, 2.24) is 15.0 Å². The number of fused-ring (bicyclic) bond motifs is 1. The Kier molecular flexibility index (Phi) is 6.16. The fourth-order valence-electron chi connectivity index (χ4n) is 3.77. The minimum atomic E-state index is -0.572. The Morgan fingerprint density at radius 2 is 1.87 bits per heavy atom. The molecule has 2 aromatic carbocycles. The number of aromatic nitrogens is 3. The monoisotopic (exact) mass is 421 g/mol. The zero-order valence-electron chi connectivity index (χ0n) is 17.9. The molecule has 1 amide bonds. The number of amides is 1. The first-order chi connectivity index (χ1) is 15.0. The summed E-state index contributed by atoms with van der Waals surface area (Å²) < 4.78 is 6.90. The molecular weight excluding hydrogens is 394 g/mol. The van der Waals surface area contributed by atoms with Crippen LogP contribution in [0.3, 0.4) is 0 Å². The van der Waals surface area contributed by atoms with Crippen LogP contribution in [0.25, 0.3) is 11.0 Å². The molecule has 0 spiro atoms. The highest BCUT2D eigenvalue weighted by Gasteiger charge is 2.16. The van der Waals surface area contributed by atoms with Crippen LogP contribution in [0.1, 0.15) is 37.0 Å². The van der Waals surface area contributed by atoms with Gasteiger partial charge in [-0.25, -0.2) is 9.48 Å². The van der Waals surface area contributed by atoms with E-state index in [-0.39, 0.29) is 12.5 Å². The van der Waals surface area contributed by atoms with Gasteiger partial charge in [0.1, 0.15) is 5.52 Å². The molecule has 1 aromatic heterocycles. The molecule has 8 nitrogen and oxygen atoms in total. The number of esters is 1. The number of rotatable bonds is 6. The normalized spacial score (nSPS) is 14.6. The van der Waals surface area contributed by atoms with Gasteiger partial charge >= 0.3 is 5.97 Å². The smallest absolute Gasteiger partial charge is 0.338 e. The maximum absolute atomic E-state index is 12.3. The lowest BCUT2D eigenvalue weighted by Gasteiger charge is -2.32. The van der Waals surface area contributed by atoms with Gasteiger partial charge < -0.3 is 15.0 Å². The van der Waals surface area contributed by atoms with Crippen molar-refractivity contribution in [3.63, 3.8) is 0 Å². The number of benzene rings is 2. The molecule has 1 aliphatic rings. The third-order valence-electron chi connectivity index (χ3n) is 5.68. The second-order valence-electron chi connectivity index (χ2n) is 7.95. The lowest BCUT2D eigenvalue weighted by atomic mass is 9.99. The first kappa shape index (κ1) is 20.8. The van der Waals surface area contributed by atoms with Crippen molar-refractivity contribution in [1.29, 1.82) is 0 Å². The fourth-order valence-corrected chi connectivity index (χ4v) is 3.77. The third-order valence-corrected chi connectivity index (χ3v) is 5.68. The summed E-state index contributed by atoms with van der Waals surface area (Å²) in [6.45, 7) is 6.71. The minimum Gasteiger partial charge on any atom is -0.452 e. The van der Waals surface area contributed by atoms with E-state index in [9.17, 15) is 9.59 Å². The van der Waals surface area contributed by atoms with Gasteiger partial charge in [0.2, 0.25) is 0 Å². The Hall–Kier alpha value is -3.42. The van der Waals surface area contributed by atoms with Crippen molar-refractivity contribution in [3.8, 4) is 0 Å². The molecule has 0 bridgehead atoms. The van der Waals surface area contributed by atoms with E-state index in [1.54, 1.807) is 22.9 Å². The van der Waals surface area contributed by atoms with E-state index < -0.39 is 5.97 Å². The van der Waals surface area contributed by atoms with Gasteiger partial charge in [0.15, 0.2) is 6.61 Å². The second kappa shape index (κ2) is 9.16. The number of hydrogen-bond donors (Lipinski definition) is 1. The SMILES string of the molecule is CCn1nnc2cc(C(=O)OCC(=O)Nc3ccc(N4CCC(C)CC4)cc3)ccc21. The van der Waals surface area contributed by atoms with Crippen molar-refractivity contribution in [3.05, 3.63) is 48.0 Å². The molecule has 2 heterocycles. The van der Waals surface area contributed by atoms with Gasteiger partial charge in [-0.2, -0.15) is 0 Å². The summed E-state index contributed by atoms with van der Waals surface area (Å²) in [5, 5.41) is 10.8. The molecule has 0 saturated carbocycles. The fraction of sp³-hybridized carbons (Fsp3) is 0.391. The van der Waals surface area contributed by atoms with Crippen LogP contribution in [-0.2, 0) is 16.1 Å². The third kappa shape index (κ3) is 4.84. The van der Waals surface area contributed by atoms with Gasteiger partial charge in [0.05, 0.1) is 11.1 Å². The molecule has 3 aromatic rings. The molecule has 0 aliphatic carbocycles. The molecule has 1 saturated heterocycles. The summed E-state index contributed by atoms with van der Waals surface area (Å²) in [5.74, 6) is -0.173. The van der Waals surface area contributed by atoms with Crippen molar-refractivity contribution >= 4 is 34.3 Å². The first-order valence-electron chi connectivity index (χ1n) is 10.7. The van der Waals surface area contributed by atoms with E-state index in [0.29, 0.717) is 23.3 Å². The Morgan fingerprint density at radius 3 is 2.58 bits per heavy atom. The standard InChI is InChI=1S/C23H27N5O3/c1-3-28-21-9-4-17(14-20(21)25-26-28)23(30)31-15-22(29)24-18-5-7-19(8-6-18)27-12-10-16(2)11-13-27/h4-9,14,16H,3,10-13,15H2,1-2H3,(H,24,29). The highest BCUT2D eigenvalue weighted by molar-refractivity contribution is 5.97. The highest BCUT2D eigenvalue weighted by atomic mass is 16.5. The van der Waals surface area contributed by atoms with Crippen molar-refractivity contribution in [2.24, 2.45) is 5.92 Å². The van der Waals surface area contributed by atoms with Gasteiger partial charge in [-0.05, 0) is 68.1 Å². The molecule has 0 radical (unpaired) electrons. The number of carbonyl (C=O) groups is 2. The number of ether oxygens (including phenoxy) is 1. The maximum Gasteiger partial charge on any atom is 0.338 e. The summed E-state index contributed by atoms with van der Waals surface area (Å²) in [4.78, 5) is 26.9. The van der Waals surface area contributed by atoms with Crippen LogP contribution in [0.5, 0.6) is 0 Å². The molecule has 31 heavy (non-hydrogen) atoms. The minimum absolute atomic E-state index is 0.337. The number of nitrogens with one attached hydrogen (secondary N) is 1. The zero-order chi connectivity index (χ0) is 21.8. The van der Waals surface area contributed by atoms with Gasteiger partial charge in [-0.1, -0.05) is 12.1 Å². The van der Waals surface area contributed by atoms with E-state index in [1.807, 2.05) is 31.2 Å². The molecule has 1 N–H and O–H groups in total. The summed E-state index contributed by atoms with van der Waals surface area (Å²) >= 11 is 0. The number of anilines is 2. The number of hydrogen-bond acceptors (Lipinski definition) is 6. The average molecular weight is 422 g/mol. The van der Waals surface area contributed by atoms with Gasteiger partial charge in [-0.15, -0.1) is 5.10 Å². The molecule has 0 atom stereocenters. The predicted molar refractivity (Wildman–Crippen MR) is 119 cm³/mol. The van der Waals surface area contributed by atoms with Crippen molar-refractivity contribution in [2.75, 3.05) is 29.9 Å². The van der Waals surface area contributed by atoms with Crippen LogP contribution in [-0.4, -0.2) is 46.6 Å². The maximum atomic E-state index is 12.3. The number of piperidine rings is 1. The Balaban J connectivity index is 1.29. The first-order valence-corrected chi connectivity index (χ1v) is 10.7. The van der Waals surface area contributed by atoms with E-state index in [4.69, 9.17) is 4.74 Å². The van der Waals surface area contributed by atoms with Crippen molar-refractivity contribution in [2.45, 2.75) is 33.2 Å². The van der Waals surface area contributed by atoms with Crippen LogP contribution in [0.4, 0.5) is 11.4 Å². The molecule has 8 heteroatoms. The van der Waals surface area contributed by atoms with E-state index >= 15 is 0 Å². The molecule has 1 fully saturated rings. The van der Waals surface area contributed by atoms with Crippen LogP contribution in [0.15, 0.2) is 42.5 Å². The molecule has 162 valence electrons. The van der Waals surface area contributed by atoms with Gasteiger partial charge in [0, 0.05) is 31.0 Å². The molecule has 4 rings (SSSR count). The Labute approximate surface area is 181 Å². The quantitative estimate of drug-likeness (QED) is 0.613. The summed E-state index contributed by atoms with van der Waals surface area (Å²) in [5.41, 5.74) is 3.63. The second-order valence-corrected chi connectivity index (χ2v) is 7.95. The Bertz CT molecular complexity index is 1070. The number of aryl methyl sites for hydroxylation is 1. The highest BCUT2D eigenvalue weighted by Crippen LogP contribution is 2.24. The summed E-state index contributed by atoms with van der Waals surface area (Å²) in [6.07, 6.45) is 2.40. The van der Waals surface area contributed by atoms with Crippen LogP contribution in [0.2, 0.25) is 0 Å². The zero-order valence-corrected chi connectivity index (χ0v) is 17.9. The van der Waals surface area contributed by atoms with Crippen LogP contribution in [0, 0.1) is 5.92 Å². The lowest BCUT2D eigenvalue weighted by molar-refractivity contribution is -0.119. The molecule has 0 unspecified atom stereocenters. The number of carbonyl (C=O) groups excluding carboxylic acids is 2. The van der Waals surface area contributed by atoms with Crippen LogP contribution < -0.4 is 10.2 Å². The van der Waals surface area contributed by atoms with Gasteiger partial charge in [0.25, 0.3) is 5.91 Å².